The molecule has 0 atom stereocenters. The van der Waals surface area contributed by atoms with Crippen LogP contribution >= 0.6 is 0 Å². The molecule has 1 aromatic heterocycles. The maximum Gasteiger partial charge on any atom is 0.280 e. The van der Waals surface area contributed by atoms with E-state index in [1.54, 1.807) is 10.8 Å². The molecule has 26 heavy (non-hydrogen) atoms. The fourth-order valence-corrected chi connectivity index (χ4v) is 3.17. The molecule has 2 heterocycles. The van der Waals surface area contributed by atoms with E-state index in [0.717, 1.165) is 22.2 Å². The maximum absolute atomic E-state index is 12.9. The van der Waals surface area contributed by atoms with Gasteiger partial charge in [-0.3, -0.25) is 14.2 Å². The summed E-state index contributed by atoms with van der Waals surface area (Å²) in [7, 11) is 0. The highest BCUT2D eigenvalue weighted by atomic mass is 16.2. The number of hydrogen-bond acceptors (Lipinski definition) is 3. The van der Waals surface area contributed by atoms with Gasteiger partial charge in [0.2, 0.25) is 5.91 Å². The molecule has 2 aromatic carbocycles. The highest BCUT2D eigenvalue weighted by Crippen LogP contribution is 2.28. The molecule has 0 spiro atoms. The Bertz CT molecular complexity index is 1090. The van der Waals surface area contributed by atoms with Crippen molar-refractivity contribution in [2.24, 2.45) is 5.10 Å². The van der Waals surface area contributed by atoms with Gasteiger partial charge < -0.3 is 0 Å². The van der Waals surface area contributed by atoms with Gasteiger partial charge >= 0.3 is 0 Å². The topological polar surface area (TPSA) is 54.7 Å². The van der Waals surface area contributed by atoms with Crippen LogP contribution < -0.4 is 5.01 Å². The lowest BCUT2D eigenvalue weighted by atomic mass is 10.1. The van der Waals surface area contributed by atoms with Gasteiger partial charge in [-0.05, 0) is 31.2 Å². The molecule has 5 nitrogen and oxygen atoms in total. The quantitative estimate of drug-likeness (QED) is 0.658. The zero-order valence-electron chi connectivity index (χ0n) is 14.5. The van der Waals surface area contributed by atoms with E-state index in [9.17, 15) is 9.59 Å². The van der Waals surface area contributed by atoms with Gasteiger partial charge in [-0.1, -0.05) is 36.4 Å². The molecular weight excluding hydrogens is 326 g/mol. The Kier molecular flexibility index (Phi) is 3.77. The van der Waals surface area contributed by atoms with Crippen molar-refractivity contribution >= 4 is 40.2 Å². The largest absolute Gasteiger partial charge is 0.287 e. The van der Waals surface area contributed by atoms with Gasteiger partial charge in [-0.25, -0.2) is 0 Å². The van der Waals surface area contributed by atoms with Crippen molar-refractivity contribution in [3.05, 3.63) is 71.9 Å². The molecular formula is C21H17N3O2. The van der Waals surface area contributed by atoms with Crippen LogP contribution in [0.4, 0.5) is 5.69 Å². The lowest BCUT2D eigenvalue weighted by Gasteiger charge is -2.10. The monoisotopic (exact) mass is 343 g/mol. The third-order valence-corrected chi connectivity index (χ3v) is 4.45. The van der Waals surface area contributed by atoms with Gasteiger partial charge in [-0.15, -0.1) is 0 Å². The van der Waals surface area contributed by atoms with Gasteiger partial charge in [0, 0.05) is 24.1 Å². The Morgan fingerprint density at radius 2 is 1.73 bits per heavy atom. The van der Waals surface area contributed by atoms with E-state index in [-0.39, 0.29) is 11.8 Å². The van der Waals surface area contributed by atoms with Crippen molar-refractivity contribution in [2.75, 3.05) is 5.01 Å². The predicted octanol–water partition coefficient (Wildman–Crippen LogP) is 4.11. The van der Waals surface area contributed by atoms with E-state index in [1.807, 2.05) is 67.6 Å². The molecule has 0 unspecified atom stereocenters. The van der Waals surface area contributed by atoms with Gasteiger partial charge in [-0.2, -0.15) is 10.1 Å². The van der Waals surface area contributed by atoms with E-state index in [4.69, 9.17) is 0 Å². The number of rotatable bonds is 2. The minimum Gasteiger partial charge on any atom is -0.287 e. The van der Waals surface area contributed by atoms with Gasteiger partial charge in [0.05, 0.1) is 22.5 Å². The first kappa shape index (κ1) is 16.0. The summed E-state index contributed by atoms with van der Waals surface area (Å²) in [5, 5.41) is 6.73. The third kappa shape index (κ3) is 2.54. The predicted molar refractivity (Wildman–Crippen MR) is 103 cm³/mol. The highest BCUT2D eigenvalue weighted by molar-refractivity contribution is 6.32. The molecule has 128 valence electrons. The number of carbonyl (C=O) groups is 2. The summed E-state index contributed by atoms with van der Waals surface area (Å²) >= 11 is 0. The first-order valence-corrected chi connectivity index (χ1v) is 8.34. The number of nitrogens with zero attached hydrogens (tertiary/aromatic N) is 3. The fourth-order valence-electron chi connectivity index (χ4n) is 3.17. The summed E-state index contributed by atoms with van der Waals surface area (Å²) in [5.41, 5.74) is 3.56. The Morgan fingerprint density at radius 3 is 2.46 bits per heavy atom. The van der Waals surface area contributed by atoms with Crippen LogP contribution in [0.15, 0.2) is 71.5 Å². The number of anilines is 1. The van der Waals surface area contributed by atoms with E-state index in [0.29, 0.717) is 11.3 Å². The third-order valence-electron chi connectivity index (χ3n) is 4.45. The van der Waals surface area contributed by atoms with Crippen molar-refractivity contribution in [2.45, 2.75) is 13.8 Å². The number of benzene rings is 2. The minimum absolute atomic E-state index is 0.0695. The number of amides is 1. The van der Waals surface area contributed by atoms with Crippen molar-refractivity contribution < 1.29 is 9.59 Å². The van der Waals surface area contributed by atoms with E-state index in [2.05, 4.69) is 5.10 Å². The molecule has 0 saturated carbocycles. The van der Waals surface area contributed by atoms with Crippen LogP contribution in [0.25, 0.3) is 17.0 Å². The number of hydrazone groups is 1. The van der Waals surface area contributed by atoms with Crippen molar-refractivity contribution in [1.82, 2.24) is 4.57 Å². The zero-order chi connectivity index (χ0) is 18.3. The SMILES string of the molecule is CC(=O)n1cc(/C=C2\C(=O)N(c3ccccc3)N=C2C)c2ccccc21. The fraction of sp³-hybridized carbons (Fsp3) is 0.0952. The Morgan fingerprint density at radius 1 is 1.04 bits per heavy atom. The molecule has 0 fully saturated rings. The van der Waals surface area contributed by atoms with Gasteiger partial charge in [0.1, 0.15) is 0 Å². The Labute approximate surface area is 150 Å². The summed E-state index contributed by atoms with van der Waals surface area (Å²) in [4.78, 5) is 24.8. The molecule has 0 radical (unpaired) electrons. The Balaban J connectivity index is 1.81. The molecule has 5 heteroatoms. The van der Waals surface area contributed by atoms with Gasteiger partial charge in [0.15, 0.2) is 0 Å². The number of hydrogen-bond donors (Lipinski definition) is 0. The normalized spacial score (nSPS) is 15.8. The van der Waals surface area contributed by atoms with Crippen LogP contribution in [0, 0.1) is 0 Å². The zero-order valence-corrected chi connectivity index (χ0v) is 14.5. The summed E-state index contributed by atoms with van der Waals surface area (Å²) < 4.78 is 1.60. The van der Waals surface area contributed by atoms with Crippen molar-refractivity contribution in [3.8, 4) is 0 Å². The number of carbonyl (C=O) groups excluding carboxylic acids is 2. The van der Waals surface area contributed by atoms with Crippen molar-refractivity contribution in [1.29, 1.82) is 0 Å². The van der Waals surface area contributed by atoms with Gasteiger partial charge in [0.25, 0.3) is 5.91 Å². The molecule has 4 rings (SSSR count). The van der Waals surface area contributed by atoms with Crippen LogP contribution in [-0.2, 0) is 4.79 Å². The average molecular weight is 343 g/mol. The minimum atomic E-state index is -0.173. The van der Waals surface area contributed by atoms with E-state index >= 15 is 0 Å². The molecule has 0 N–H and O–H groups in total. The Hall–Kier alpha value is -3.47. The number of para-hydroxylation sites is 2. The molecule has 0 bridgehead atoms. The van der Waals surface area contributed by atoms with Crippen LogP contribution in [0.3, 0.4) is 0 Å². The second kappa shape index (κ2) is 6.11. The van der Waals surface area contributed by atoms with Crippen LogP contribution in [-0.4, -0.2) is 22.1 Å². The smallest absolute Gasteiger partial charge is 0.280 e. The second-order valence-corrected chi connectivity index (χ2v) is 6.19. The van der Waals surface area contributed by atoms with Crippen molar-refractivity contribution in [3.63, 3.8) is 0 Å². The van der Waals surface area contributed by atoms with E-state index < -0.39 is 0 Å². The van der Waals surface area contributed by atoms with Crippen LogP contribution in [0.5, 0.6) is 0 Å². The summed E-state index contributed by atoms with van der Waals surface area (Å²) in [6.45, 7) is 3.34. The number of fused-ring (bicyclic) bond motifs is 1. The first-order chi connectivity index (χ1) is 12.6. The van der Waals surface area contributed by atoms with Crippen LogP contribution in [0.2, 0.25) is 0 Å². The lowest BCUT2D eigenvalue weighted by molar-refractivity contribution is -0.114. The average Bonchev–Trinajstić information content (AvgIpc) is 3.16. The molecule has 1 amide bonds. The molecule has 3 aromatic rings. The molecule has 1 aliphatic rings. The van der Waals surface area contributed by atoms with Crippen LogP contribution in [0.1, 0.15) is 24.2 Å². The molecule has 0 aliphatic carbocycles. The first-order valence-electron chi connectivity index (χ1n) is 8.34. The summed E-state index contributed by atoms with van der Waals surface area (Å²) in [5.74, 6) is -0.242. The number of aromatic nitrogens is 1. The highest BCUT2D eigenvalue weighted by Gasteiger charge is 2.29. The molecule has 0 saturated heterocycles. The maximum atomic E-state index is 12.9. The summed E-state index contributed by atoms with van der Waals surface area (Å²) in [6, 6.07) is 17.0. The van der Waals surface area contributed by atoms with E-state index in [1.165, 1.54) is 11.9 Å². The second-order valence-electron chi connectivity index (χ2n) is 6.19. The molecule has 1 aliphatic heterocycles. The lowest BCUT2D eigenvalue weighted by Crippen LogP contribution is -2.21. The summed E-state index contributed by atoms with van der Waals surface area (Å²) in [6.07, 6.45) is 3.58. The standard InChI is InChI=1S/C21H17N3O2/c1-14-19(21(26)24(22-14)17-8-4-3-5-9-17)12-16-13-23(15(2)25)20-11-7-6-10-18(16)20/h3-13H,1-2H3/b19-12-.